The fourth-order valence-corrected chi connectivity index (χ4v) is 3.82. The Balaban J connectivity index is 2.61. The number of aliphatic carboxylic acids is 1. The van der Waals surface area contributed by atoms with Crippen molar-refractivity contribution in [2.45, 2.75) is 36.0 Å². The number of thioether (sulfide) groups is 1. The number of hydrogen-bond donors (Lipinski definition) is 1. The van der Waals surface area contributed by atoms with Gasteiger partial charge in [0.1, 0.15) is 0 Å². The summed E-state index contributed by atoms with van der Waals surface area (Å²) < 4.78 is 0. The van der Waals surface area contributed by atoms with Gasteiger partial charge in [-0.3, -0.25) is 4.79 Å². The van der Waals surface area contributed by atoms with Crippen LogP contribution in [0.3, 0.4) is 0 Å². The van der Waals surface area contributed by atoms with Crippen molar-refractivity contribution in [1.82, 2.24) is 0 Å². The molecule has 92 valence electrons. The maximum atomic E-state index is 11.7. The summed E-state index contributed by atoms with van der Waals surface area (Å²) in [5.74, 6) is -0.738. The molecule has 0 aromatic heterocycles. The third-order valence-corrected chi connectivity index (χ3v) is 4.64. The summed E-state index contributed by atoms with van der Waals surface area (Å²) in [7, 11) is 0. The lowest BCUT2D eigenvalue weighted by Gasteiger charge is -2.27. The standard InChI is InChI=1S/C13H15ClO2S/c1-17-10-6-4-5-9(14)11(10)13(12(15)16)7-2-3-8-13/h4-6H,2-3,7-8H2,1H3,(H,15,16). The summed E-state index contributed by atoms with van der Waals surface area (Å²) in [6.45, 7) is 0. The summed E-state index contributed by atoms with van der Waals surface area (Å²) in [5, 5.41) is 10.2. The molecule has 2 nitrogen and oxygen atoms in total. The molecule has 0 saturated heterocycles. The monoisotopic (exact) mass is 270 g/mol. The normalized spacial score (nSPS) is 18.2. The summed E-state index contributed by atoms with van der Waals surface area (Å²) in [6, 6.07) is 5.62. The van der Waals surface area contributed by atoms with Gasteiger partial charge in [-0.2, -0.15) is 0 Å². The van der Waals surface area contributed by atoms with Crippen LogP contribution in [0.1, 0.15) is 31.2 Å². The third-order valence-electron chi connectivity index (χ3n) is 3.54. The van der Waals surface area contributed by atoms with Gasteiger partial charge in [0.15, 0.2) is 0 Å². The van der Waals surface area contributed by atoms with Gasteiger partial charge in [0.2, 0.25) is 0 Å². The Morgan fingerprint density at radius 1 is 1.41 bits per heavy atom. The molecule has 0 unspecified atom stereocenters. The molecule has 1 aliphatic rings. The highest BCUT2D eigenvalue weighted by atomic mass is 35.5. The van der Waals surface area contributed by atoms with E-state index in [2.05, 4.69) is 0 Å². The van der Waals surface area contributed by atoms with Crippen LogP contribution in [0.2, 0.25) is 5.02 Å². The Labute approximate surface area is 110 Å². The van der Waals surface area contributed by atoms with Gasteiger partial charge in [-0.25, -0.2) is 0 Å². The number of carbonyl (C=O) groups is 1. The van der Waals surface area contributed by atoms with Crippen LogP contribution in [0, 0.1) is 0 Å². The Bertz CT molecular complexity index is 439. The number of hydrogen-bond acceptors (Lipinski definition) is 2. The molecular weight excluding hydrogens is 256 g/mol. The molecule has 0 radical (unpaired) electrons. The van der Waals surface area contributed by atoms with Crippen molar-refractivity contribution in [2.24, 2.45) is 0 Å². The zero-order chi connectivity index (χ0) is 12.5. The first-order valence-corrected chi connectivity index (χ1v) is 7.28. The molecule has 0 atom stereocenters. The molecule has 2 rings (SSSR count). The highest BCUT2D eigenvalue weighted by Gasteiger charge is 2.45. The SMILES string of the molecule is CSc1cccc(Cl)c1C1(C(=O)O)CCCC1. The van der Waals surface area contributed by atoms with Crippen molar-refractivity contribution in [1.29, 1.82) is 0 Å². The van der Waals surface area contributed by atoms with Crippen molar-refractivity contribution in [3.63, 3.8) is 0 Å². The average molecular weight is 271 g/mol. The first-order chi connectivity index (χ1) is 8.12. The number of carboxylic acids is 1. The number of benzene rings is 1. The largest absolute Gasteiger partial charge is 0.481 e. The summed E-state index contributed by atoms with van der Waals surface area (Å²) in [6.07, 6.45) is 5.27. The minimum Gasteiger partial charge on any atom is -0.481 e. The molecule has 0 spiro atoms. The topological polar surface area (TPSA) is 37.3 Å². The van der Waals surface area contributed by atoms with E-state index in [1.807, 2.05) is 18.4 Å². The molecule has 0 heterocycles. The second-order valence-electron chi connectivity index (χ2n) is 4.41. The highest BCUT2D eigenvalue weighted by Crippen LogP contribution is 2.47. The Morgan fingerprint density at radius 2 is 2.06 bits per heavy atom. The van der Waals surface area contributed by atoms with E-state index in [1.54, 1.807) is 17.8 Å². The molecular formula is C13H15ClO2S. The van der Waals surface area contributed by atoms with Crippen molar-refractivity contribution in [3.8, 4) is 0 Å². The van der Waals surface area contributed by atoms with E-state index in [-0.39, 0.29) is 0 Å². The molecule has 1 fully saturated rings. The lowest BCUT2D eigenvalue weighted by atomic mass is 9.79. The molecule has 0 amide bonds. The second kappa shape index (κ2) is 4.91. The zero-order valence-corrected chi connectivity index (χ0v) is 11.3. The Hall–Kier alpha value is -0.670. The van der Waals surface area contributed by atoms with Crippen LogP contribution in [0.5, 0.6) is 0 Å². The molecule has 1 aromatic carbocycles. The molecule has 17 heavy (non-hydrogen) atoms. The first-order valence-electron chi connectivity index (χ1n) is 5.68. The van der Waals surface area contributed by atoms with E-state index in [9.17, 15) is 9.90 Å². The van der Waals surface area contributed by atoms with Gasteiger partial charge < -0.3 is 5.11 Å². The number of halogens is 1. The van der Waals surface area contributed by atoms with Gasteiger partial charge in [0, 0.05) is 15.5 Å². The van der Waals surface area contributed by atoms with Crippen molar-refractivity contribution < 1.29 is 9.90 Å². The molecule has 4 heteroatoms. The molecule has 1 saturated carbocycles. The summed E-state index contributed by atoms with van der Waals surface area (Å²) in [5.41, 5.74) is 0.0515. The van der Waals surface area contributed by atoms with Gasteiger partial charge in [-0.1, -0.05) is 30.5 Å². The smallest absolute Gasteiger partial charge is 0.314 e. The van der Waals surface area contributed by atoms with Crippen molar-refractivity contribution in [2.75, 3.05) is 6.26 Å². The van der Waals surface area contributed by atoms with Crippen LogP contribution in [-0.4, -0.2) is 17.3 Å². The molecule has 1 aliphatic carbocycles. The van der Waals surface area contributed by atoms with E-state index in [0.29, 0.717) is 17.9 Å². The van der Waals surface area contributed by atoms with E-state index >= 15 is 0 Å². The highest BCUT2D eigenvalue weighted by molar-refractivity contribution is 7.98. The Morgan fingerprint density at radius 3 is 2.59 bits per heavy atom. The molecule has 0 bridgehead atoms. The quantitative estimate of drug-likeness (QED) is 0.845. The maximum absolute atomic E-state index is 11.7. The lowest BCUT2D eigenvalue weighted by Crippen LogP contribution is -2.33. The summed E-state index contributed by atoms with van der Waals surface area (Å²) in [4.78, 5) is 12.7. The molecule has 0 aliphatic heterocycles. The van der Waals surface area contributed by atoms with Gasteiger partial charge in [-0.05, 0) is 31.2 Å². The van der Waals surface area contributed by atoms with Gasteiger partial charge >= 0.3 is 5.97 Å². The van der Waals surface area contributed by atoms with Crippen LogP contribution < -0.4 is 0 Å². The van der Waals surface area contributed by atoms with Crippen LogP contribution in [-0.2, 0) is 10.2 Å². The second-order valence-corrected chi connectivity index (χ2v) is 5.67. The van der Waals surface area contributed by atoms with Gasteiger partial charge in [0.25, 0.3) is 0 Å². The van der Waals surface area contributed by atoms with Crippen molar-refractivity contribution >= 4 is 29.3 Å². The third kappa shape index (κ3) is 2.06. The van der Waals surface area contributed by atoms with Crippen LogP contribution >= 0.6 is 23.4 Å². The van der Waals surface area contributed by atoms with E-state index < -0.39 is 11.4 Å². The van der Waals surface area contributed by atoms with Gasteiger partial charge in [-0.15, -0.1) is 11.8 Å². The molecule has 1 aromatic rings. The number of rotatable bonds is 3. The van der Waals surface area contributed by atoms with Crippen LogP contribution in [0.15, 0.2) is 23.1 Å². The Kier molecular flexibility index (Phi) is 3.69. The predicted octanol–water partition coefficient (Wildman–Crippen LogP) is 3.96. The number of carboxylic acid groups (broad SMARTS) is 1. The fourth-order valence-electron chi connectivity index (χ4n) is 2.69. The lowest BCUT2D eigenvalue weighted by molar-refractivity contribution is -0.143. The minimum absolute atomic E-state index is 0.584. The van der Waals surface area contributed by atoms with E-state index in [4.69, 9.17) is 11.6 Å². The van der Waals surface area contributed by atoms with Crippen molar-refractivity contribution in [3.05, 3.63) is 28.8 Å². The average Bonchev–Trinajstić information content (AvgIpc) is 2.78. The fraction of sp³-hybridized carbons (Fsp3) is 0.462. The maximum Gasteiger partial charge on any atom is 0.314 e. The minimum atomic E-state index is -0.767. The zero-order valence-electron chi connectivity index (χ0n) is 9.70. The van der Waals surface area contributed by atoms with Crippen LogP contribution in [0.4, 0.5) is 0 Å². The molecule has 1 N–H and O–H groups in total. The predicted molar refractivity (Wildman–Crippen MR) is 71.0 cm³/mol. The van der Waals surface area contributed by atoms with E-state index in [0.717, 1.165) is 23.3 Å². The van der Waals surface area contributed by atoms with Crippen LogP contribution in [0.25, 0.3) is 0 Å². The van der Waals surface area contributed by atoms with E-state index in [1.165, 1.54) is 0 Å². The first kappa shape index (κ1) is 12.8. The summed E-state index contributed by atoms with van der Waals surface area (Å²) >= 11 is 7.81. The van der Waals surface area contributed by atoms with Gasteiger partial charge in [0.05, 0.1) is 5.41 Å².